The van der Waals surface area contributed by atoms with Crippen molar-refractivity contribution < 1.29 is 14.0 Å². The Morgan fingerprint density at radius 2 is 1.67 bits per heavy atom. The molecule has 104 valence electrons. The molecule has 0 fully saturated rings. The lowest BCUT2D eigenvalue weighted by Gasteiger charge is -2.34. The molecule has 0 heterocycles. The Balaban J connectivity index is 4.76. The topological polar surface area (TPSA) is 46.6 Å². The molecule has 0 radical (unpaired) electrons. The summed E-state index contributed by atoms with van der Waals surface area (Å²) < 4.78 is 7.07. The number of carbonyl (C=O) groups excluding carboxylic acids is 2. The number of hydrogen-bond acceptors (Lipinski definition) is 3. The molecule has 0 bridgehead atoms. The maximum Gasteiger partial charge on any atom is 0.311 e. The van der Waals surface area contributed by atoms with E-state index in [0.717, 1.165) is 0 Å². The average Bonchev–Trinajstić information content (AvgIpc) is 2.09. The van der Waals surface area contributed by atoms with Crippen molar-refractivity contribution in [3.8, 4) is 0 Å². The molecule has 18 heavy (non-hydrogen) atoms. The van der Waals surface area contributed by atoms with Crippen LogP contribution in [-0.2, 0) is 14.0 Å². The third-order valence-corrected chi connectivity index (χ3v) is 5.00. The molecule has 0 unspecified atom stereocenters. The normalized spacial score (nSPS) is 11.9. The summed E-state index contributed by atoms with van der Waals surface area (Å²) in [6.07, 6.45) is 1.84. The second-order valence-corrected chi connectivity index (χ2v) is 15.5. The summed E-state index contributed by atoms with van der Waals surface area (Å²) in [6, 6.07) is 0. The first-order valence-corrected chi connectivity index (χ1v) is 13.0. The van der Waals surface area contributed by atoms with Gasteiger partial charge in [0, 0.05) is 6.42 Å². The second kappa shape index (κ2) is 6.33. The van der Waals surface area contributed by atoms with Crippen molar-refractivity contribution >= 4 is 28.4 Å². The molecule has 0 atom stereocenters. The Hall–Kier alpha value is -0.886. The molecule has 0 spiro atoms. The van der Waals surface area contributed by atoms with Gasteiger partial charge in [-0.25, -0.2) is 0 Å². The van der Waals surface area contributed by atoms with Crippen LogP contribution in [0.25, 0.3) is 0 Å². The van der Waals surface area contributed by atoms with Crippen molar-refractivity contribution in [2.45, 2.75) is 45.7 Å². The van der Waals surface area contributed by atoms with Gasteiger partial charge < -0.3 is 8.99 Å². The number of amides is 1. The molecule has 1 amide bonds. The summed E-state index contributed by atoms with van der Waals surface area (Å²) in [4.78, 5) is 23.8. The number of nitrogens with zero attached hydrogens (tertiary/aromatic N) is 1. The molecule has 0 aliphatic rings. The van der Waals surface area contributed by atoms with Crippen LogP contribution in [0.15, 0.2) is 12.7 Å². The number of carbonyl (C=O) groups is 2. The van der Waals surface area contributed by atoms with Crippen molar-refractivity contribution in [2.75, 3.05) is 6.54 Å². The van der Waals surface area contributed by atoms with E-state index in [-0.39, 0.29) is 24.8 Å². The minimum Gasteiger partial charge on any atom is -0.519 e. The third-order valence-electron chi connectivity index (χ3n) is 2.14. The van der Waals surface area contributed by atoms with Gasteiger partial charge in [0.1, 0.15) is 6.54 Å². The summed E-state index contributed by atoms with van der Waals surface area (Å²) in [5, 5.41) is 0. The molecule has 0 N–H and O–H groups in total. The van der Waals surface area contributed by atoms with Crippen molar-refractivity contribution in [3.63, 3.8) is 0 Å². The minimum atomic E-state index is -1.89. The van der Waals surface area contributed by atoms with Crippen LogP contribution in [0, 0.1) is 0 Å². The lowest BCUT2D eigenvalue weighted by atomic mass is 10.4. The highest BCUT2D eigenvalue weighted by Crippen LogP contribution is 2.13. The maximum absolute atomic E-state index is 12.0. The average molecular weight is 288 g/mol. The summed E-state index contributed by atoms with van der Waals surface area (Å²) in [7, 11) is -3.77. The van der Waals surface area contributed by atoms with Crippen LogP contribution in [0.4, 0.5) is 0 Å². The van der Waals surface area contributed by atoms with Gasteiger partial charge >= 0.3 is 5.97 Å². The lowest BCUT2D eigenvalue weighted by molar-refractivity contribution is -0.139. The molecule has 0 aliphatic carbocycles. The molecule has 0 aromatic rings. The van der Waals surface area contributed by atoms with E-state index in [1.807, 2.05) is 39.3 Å². The predicted octanol–water partition coefficient (Wildman–Crippen LogP) is 2.60. The van der Waals surface area contributed by atoms with Gasteiger partial charge in [-0.3, -0.25) is 9.59 Å². The highest BCUT2D eigenvalue weighted by molar-refractivity contribution is 6.75. The Morgan fingerprint density at radius 1 is 1.17 bits per heavy atom. The maximum atomic E-state index is 12.0. The van der Waals surface area contributed by atoms with E-state index in [1.54, 1.807) is 10.6 Å². The molecule has 6 heteroatoms. The van der Waals surface area contributed by atoms with Crippen LogP contribution in [0.2, 0.25) is 39.3 Å². The van der Waals surface area contributed by atoms with Crippen LogP contribution >= 0.6 is 0 Å². The van der Waals surface area contributed by atoms with E-state index < -0.39 is 16.6 Å². The highest BCUT2D eigenvalue weighted by Gasteiger charge is 2.31. The summed E-state index contributed by atoms with van der Waals surface area (Å²) in [5.41, 5.74) is 0. The Kier molecular flexibility index (Phi) is 6.02. The van der Waals surface area contributed by atoms with Crippen LogP contribution in [0.3, 0.4) is 0 Å². The van der Waals surface area contributed by atoms with Gasteiger partial charge in [-0.05, 0) is 19.6 Å². The fourth-order valence-corrected chi connectivity index (χ4v) is 3.63. The SMILES string of the molecule is C=CCC(=O)N(CC(=O)O[Si](C)(C)C)[Si](C)(C)C. The first kappa shape index (κ1) is 17.1. The van der Waals surface area contributed by atoms with Gasteiger partial charge in [-0.15, -0.1) is 6.58 Å². The third kappa shape index (κ3) is 6.75. The monoisotopic (exact) mass is 287 g/mol. The van der Waals surface area contributed by atoms with Gasteiger partial charge in [0.25, 0.3) is 0 Å². The van der Waals surface area contributed by atoms with Gasteiger partial charge in [-0.1, -0.05) is 25.7 Å². The molecule has 4 nitrogen and oxygen atoms in total. The van der Waals surface area contributed by atoms with Crippen LogP contribution < -0.4 is 0 Å². The van der Waals surface area contributed by atoms with E-state index in [2.05, 4.69) is 6.58 Å². The summed E-state index contributed by atoms with van der Waals surface area (Å²) in [6.45, 7) is 15.6. The highest BCUT2D eigenvalue weighted by atomic mass is 28.4. The molecular weight excluding hydrogens is 262 g/mol. The molecule has 0 aliphatic heterocycles. The quantitative estimate of drug-likeness (QED) is 0.557. The van der Waals surface area contributed by atoms with Crippen molar-refractivity contribution in [2.24, 2.45) is 0 Å². The predicted molar refractivity (Wildman–Crippen MR) is 79.3 cm³/mol. The van der Waals surface area contributed by atoms with Gasteiger partial charge in [0.2, 0.25) is 14.2 Å². The first-order valence-electron chi connectivity index (χ1n) is 6.10. The molecule has 0 rings (SSSR count). The van der Waals surface area contributed by atoms with Gasteiger partial charge in [0.05, 0.1) is 0 Å². The van der Waals surface area contributed by atoms with Gasteiger partial charge in [-0.2, -0.15) is 0 Å². The lowest BCUT2D eigenvalue weighted by Crippen LogP contribution is -2.52. The van der Waals surface area contributed by atoms with E-state index >= 15 is 0 Å². The molecule has 0 aromatic carbocycles. The molecular formula is C12H25NO3Si2. The Morgan fingerprint density at radius 3 is 2.00 bits per heavy atom. The van der Waals surface area contributed by atoms with Gasteiger partial charge in [0.15, 0.2) is 8.24 Å². The Labute approximate surface area is 112 Å². The van der Waals surface area contributed by atoms with Crippen molar-refractivity contribution in [1.82, 2.24) is 4.57 Å². The fraction of sp³-hybridized carbons (Fsp3) is 0.667. The van der Waals surface area contributed by atoms with E-state index in [9.17, 15) is 9.59 Å². The second-order valence-electron chi connectivity index (χ2n) is 6.23. The zero-order valence-corrected chi connectivity index (χ0v) is 14.4. The number of hydrogen-bond donors (Lipinski definition) is 0. The first-order chi connectivity index (χ1) is 7.97. The van der Waals surface area contributed by atoms with Crippen LogP contribution in [-0.4, -0.2) is 39.5 Å². The van der Waals surface area contributed by atoms with Crippen molar-refractivity contribution in [3.05, 3.63) is 12.7 Å². The molecule has 0 aromatic heterocycles. The number of rotatable bonds is 6. The van der Waals surface area contributed by atoms with E-state index in [0.29, 0.717) is 0 Å². The molecule has 0 saturated heterocycles. The van der Waals surface area contributed by atoms with E-state index in [1.165, 1.54) is 0 Å². The Bertz CT molecular complexity index is 329. The zero-order valence-electron chi connectivity index (χ0n) is 12.4. The van der Waals surface area contributed by atoms with E-state index in [4.69, 9.17) is 4.43 Å². The fourth-order valence-electron chi connectivity index (χ4n) is 1.44. The summed E-state index contributed by atoms with van der Waals surface area (Å²) >= 11 is 0. The molecule has 0 saturated carbocycles. The summed E-state index contributed by atoms with van der Waals surface area (Å²) in [5.74, 6) is -0.342. The zero-order chi connectivity index (χ0) is 14.6. The minimum absolute atomic E-state index is 0.0447. The largest absolute Gasteiger partial charge is 0.519 e. The standard InChI is InChI=1S/C12H25NO3Si2/c1-8-9-11(14)13(17(2,3)4)10-12(15)16-18(5,6)7/h8H,1,9-10H2,2-7H3. The van der Waals surface area contributed by atoms with Crippen LogP contribution in [0.1, 0.15) is 6.42 Å². The van der Waals surface area contributed by atoms with Crippen LogP contribution in [0.5, 0.6) is 0 Å². The smallest absolute Gasteiger partial charge is 0.311 e. The van der Waals surface area contributed by atoms with Crippen molar-refractivity contribution in [1.29, 1.82) is 0 Å².